The molecule has 0 atom stereocenters. The molecule has 2 heterocycles. The summed E-state index contributed by atoms with van der Waals surface area (Å²) in [5.41, 5.74) is 5.42. The fourth-order valence-corrected chi connectivity index (χ4v) is 2.74. The maximum absolute atomic E-state index is 14.1. The van der Waals surface area contributed by atoms with E-state index in [-0.39, 0.29) is 25.0 Å². The molecule has 29 heavy (non-hydrogen) atoms. The van der Waals surface area contributed by atoms with E-state index in [2.05, 4.69) is 25.6 Å². The smallest absolute Gasteiger partial charge is 0.224 e. The van der Waals surface area contributed by atoms with E-state index in [0.717, 1.165) is 0 Å². The Morgan fingerprint density at radius 1 is 1.21 bits per heavy atom. The van der Waals surface area contributed by atoms with E-state index in [9.17, 15) is 18.0 Å². The summed E-state index contributed by atoms with van der Waals surface area (Å²) < 4.78 is 42.9. The normalized spacial score (nSPS) is 11.2. The predicted octanol–water partition coefficient (Wildman–Crippen LogP) is 3.07. The van der Waals surface area contributed by atoms with Gasteiger partial charge in [0.25, 0.3) is 0 Å². The summed E-state index contributed by atoms with van der Waals surface area (Å²) in [7, 11) is 0. The molecule has 0 fully saturated rings. The third-order valence-corrected chi connectivity index (χ3v) is 3.95. The first-order valence-electron chi connectivity index (χ1n) is 8.94. The molecule has 4 N–H and O–H groups in total. The van der Waals surface area contributed by atoms with Gasteiger partial charge in [0, 0.05) is 31.1 Å². The van der Waals surface area contributed by atoms with Gasteiger partial charge in [0.2, 0.25) is 17.8 Å². The fourth-order valence-electron chi connectivity index (χ4n) is 2.74. The number of carbonyl (C=O) groups is 1. The SMILES string of the molecule is CC(C)Nc1ncc2nc(Nc3c(F)cc(F)cc3F)n(CCCC(N)=O)c2n1. The molecule has 8 nitrogen and oxygen atoms in total. The van der Waals surface area contributed by atoms with Crippen molar-refractivity contribution in [2.45, 2.75) is 39.3 Å². The molecule has 0 unspecified atom stereocenters. The maximum Gasteiger partial charge on any atom is 0.224 e. The molecule has 2 aromatic heterocycles. The van der Waals surface area contributed by atoms with Crippen LogP contribution in [0.25, 0.3) is 11.2 Å². The number of primary amides is 1. The van der Waals surface area contributed by atoms with Gasteiger partial charge in [-0.1, -0.05) is 0 Å². The van der Waals surface area contributed by atoms with E-state index in [1.165, 1.54) is 6.20 Å². The van der Waals surface area contributed by atoms with Gasteiger partial charge in [-0.3, -0.25) is 9.36 Å². The molecule has 0 spiro atoms. The number of rotatable bonds is 8. The predicted molar refractivity (Wildman–Crippen MR) is 102 cm³/mol. The number of benzene rings is 1. The fraction of sp³-hybridized carbons (Fsp3) is 0.333. The Morgan fingerprint density at radius 2 is 1.90 bits per heavy atom. The zero-order valence-corrected chi connectivity index (χ0v) is 15.8. The van der Waals surface area contributed by atoms with Crippen LogP contribution in [0.5, 0.6) is 0 Å². The van der Waals surface area contributed by atoms with Crippen molar-refractivity contribution in [3.05, 3.63) is 35.8 Å². The largest absolute Gasteiger partial charge is 0.370 e. The minimum absolute atomic E-state index is 0.0740. The molecular formula is C18H20F3N7O. The Labute approximate surface area is 164 Å². The van der Waals surface area contributed by atoms with E-state index in [4.69, 9.17) is 5.73 Å². The number of carbonyl (C=O) groups excluding carboxylic acids is 1. The molecule has 0 bridgehead atoms. The van der Waals surface area contributed by atoms with Gasteiger partial charge in [0.15, 0.2) is 17.3 Å². The molecule has 1 aromatic carbocycles. The second kappa shape index (κ2) is 8.33. The van der Waals surface area contributed by atoms with E-state index in [1.807, 2.05) is 13.8 Å². The van der Waals surface area contributed by atoms with Crippen LogP contribution in [0.1, 0.15) is 26.7 Å². The van der Waals surface area contributed by atoms with Crippen molar-refractivity contribution < 1.29 is 18.0 Å². The van der Waals surface area contributed by atoms with Crippen molar-refractivity contribution in [2.75, 3.05) is 10.6 Å². The van der Waals surface area contributed by atoms with Crippen molar-refractivity contribution in [1.29, 1.82) is 0 Å². The third kappa shape index (κ3) is 4.73. The first kappa shape index (κ1) is 20.4. The highest BCUT2D eigenvalue weighted by atomic mass is 19.1. The van der Waals surface area contributed by atoms with Crippen LogP contribution in [-0.4, -0.2) is 31.5 Å². The standard InChI is InChI=1S/C18H20F3N7O/c1-9(2)24-17-23-8-13-16(27-17)28(5-3-4-14(22)29)18(25-13)26-15-11(20)6-10(19)7-12(15)21/h6-9H,3-5H2,1-2H3,(H2,22,29)(H,25,26)(H,23,24,27). The minimum atomic E-state index is -1.11. The molecule has 154 valence electrons. The summed E-state index contributed by atoms with van der Waals surface area (Å²) in [5, 5.41) is 5.62. The van der Waals surface area contributed by atoms with Gasteiger partial charge in [-0.15, -0.1) is 0 Å². The maximum atomic E-state index is 14.1. The van der Waals surface area contributed by atoms with Crippen LogP contribution in [0.4, 0.5) is 30.8 Å². The average Bonchev–Trinajstić information content (AvgIpc) is 2.94. The molecular weight excluding hydrogens is 387 g/mol. The van der Waals surface area contributed by atoms with Gasteiger partial charge >= 0.3 is 0 Å². The number of nitrogens with zero attached hydrogens (tertiary/aromatic N) is 4. The van der Waals surface area contributed by atoms with Gasteiger partial charge < -0.3 is 16.4 Å². The van der Waals surface area contributed by atoms with Crippen LogP contribution < -0.4 is 16.4 Å². The lowest BCUT2D eigenvalue weighted by molar-refractivity contribution is -0.118. The Hall–Kier alpha value is -3.37. The number of amides is 1. The minimum Gasteiger partial charge on any atom is -0.370 e. The number of nitrogens with one attached hydrogen (secondary N) is 2. The summed E-state index contributed by atoms with van der Waals surface area (Å²) in [6.45, 7) is 4.10. The van der Waals surface area contributed by atoms with Crippen LogP contribution >= 0.6 is 0 Å². The highest BCUT2D eigenvalue weighted by molar-refractivity contribution is 5.77. The van der Waals surface area contributed by atoms with Gasteiger partial charge in [0.05, 0.1) is 6.20 Å². The lowest BCUT2D eigenvalue weighted by Crippen LogP contribution is -2.14. The summed E-state index contributed by atoms with van der Waals surface area (Å²) in [6.07, 6.45) is 1.95. The lowest BCUT2D eigenvalue weighted by Gasteiger charge is -2.12. The van der Waals surface area contributed by atoms with Crippen LogP contribution in [-0.2, 0) is 11.3 Å². The number of hydrogen-bond acceptors (Lipinski definition) is 6. The number of fused-ring (bicyclic) bond motifs is 1. The molecule has 3 aromatic rings. The van der Waals surface area contributed by atoms with E-state index >= 15 is 0 Å². The highest BCUT2D eigenvalue weighted by Crippen LogP contribution is 2.27. The second-order valence-corrected chi connectivity index (χ2v) is 6.73. The molecule has 3 rings (SSSR count). The molecule has 0 saturated heterocycles. The molecule has 0 aliphatic heterocycles. The molecule has 0 saturated carbocycles. The summed E-state index contributed by atoms with van der Waals surface area (Å²) in [5.74, 6) is -3.29. The average molecular weight is 407 g/mol. The molecule has 0 aliphatic carbocycles. The third-order valence-electron chi connectivity index (χ3n) is 3.95. The van der Waals surface area contributed by atoms with E-state index < -0.39 is 29.0 Å². The van der Waals surface area contributed by atoms with Crippen molar-refractivity contribution in [3.63, 3.8) is 0 Å². The van der Waals surface area contributed by atoms with Crippen LogP contribution in [0.2, 0.25) is 0 Å². The Bertz CT molecular complexity index is 1030. The van der Waals surface area contributed by atoms with Crippen molar-refractivity contribution >= 4 is 34.7 Å². The lowest BCUT2D eigenvalue weighted by atomic mass is 10.3. The Balaban J connectivity index is 2.03. The number of nitrogens with two attached hydrogens (primary N) is 1. The molecule has 0 radical (unpaired) electrons. The number of aromatic nitrogens is 4. The van der Waals surface area contributed by atoms with Gasteiger partial charge in [0.1, 0.15) is 17.0 Å². The van der Waals surface area contributed by atoms with Crippen LogP contribution in [0.15, 0.2) is 18.3 Å². The molecule has 1 amide bonds. The van der Waals surface area contributed by atoms with Crippen LogP contribution in [0, 0.1) is 17.5 Å². The quantitative estimate of drug-likeness (QED) is 0.529. The summed E-state index contributed by atoms with van der Waals surface area (Å²) >= 11 is 0. The van der Waals surface area contributed by atoms with E-state index in [0.29, 0.717) is 35.7 Å². The number of imidazole rings is 1. The second-order valence-electron chi connectivity index (χ2n) is 6.73. The summed E-state index contributed by atoms with van der Waals surface area (Å²) in [4.78, 5) is 23.9. The Morgan fingerprint density at radius 3 is 2.52 bits per heavy atom. The zero-order chi connectivity index (χ0) is 21.1. The summed E-state index contributed by atoms with van der Waals surface area (Å²) in [6, 6.07) is 1.21. The molecule has 0 aliphatic rings. The van der Waals surface area contributed by atoms with Gasteiger partial charge in [-0.05, 0) is 20.3 Å². The first-order valence-corrected chi connectivity index (χ1v) is 8.94. The van der Waals surface area contributed by atoms with Gasteiger partial charge in [-0.25, -0.2) is 23.1 Å². The molecule has 11 heteroatoms. The van der Waals surface area contributed by atoms with Gasteiger partial charge in [-0.2, -0.15) is 4.98 Å². The number of anilines is 3. The number of aryl methyl sites for hydroxylation is 1. The monoisotopic (exact) mass is 407 g/mol. The van der Waals surface area contributed by atoms with Crippen molar-refractivity contribution in [2.24, 2.45) is 5.73 Å². The van der Waals surface area contributed by atoms with E-state index in [1.54, 1.807) is 4.57 Å². The van der Waals surface area contributed by atoms with Crippen molar-refractivity contribution in [1.82, 2.24) is 19.5 Å². The Kier molecular flexibility index (Phi) is 5.85. The number of hydrogen-bond donors (Lipinski definition) is 3. The topological polar surface area (TPSA) is 111 Å². The zero-order valence-electron chi connectivity index (χ0n) is 15.8. The first-order chi connectivity index (χ1) is 13.7. The highest BCUT2D eigenvalue weighted by Gasteiger charge is 2.18. The van der Waals surface area contributed by atoms with Crippen molar-refractivity contribution in [3.8, 4) is 0 Å². The number of halogens is 3. The van der Waals surface area contributed by atoms with Crippen LogP contribution in [0.3, 0.4) is 0 Å².